The first-order valence-electron chi connectivity index (χ1n) is 9.64. The second kappa shape index (κ2) is 11.9. The van der Waals surface area contributed by atoms with Crippen molar-refractivity contribution < 1.29 is 4.79 Å². The van der Waals surface area contributed by atoms with E-state index in [4.69, 9.17) is 4.99 Å². The number of nitrogens with one attached hydrogen (secondary N) is 3. The molecule has 0 aromatic heterocycles. The van der Waals surface area contributed by atoms with Gasteiger partial charge in [-0.25, -0.2) is 0 Å². The summed E-state index contributed by atoms with van der Waals surface area (Å²) in [6.07, 6.45) is 4.65. The first-order valence-corrected chi connectivity index (χ1v) is 9.64. The number of halogens is 1. The number of piperidine rings is 1. The number of aliphatic imine (C=N–C) groups is 1. The van der Waals surface area contributed by atoms with E-state index >= 15 is 0 Å². The summed E-state index contributed by atoms with van der Waals surface area (Å²) in [4.78, 5) is 18.9. The van der Waals surface area contributed by atoms with Crippen LogP contribution in [-0.4, -0.2) is 62.1 Å². The number of carbonyl (C=O) groups is 1. The van der Waals surface area contributed by atoms with Gasteiger partial charge in [0.25, 0.3) is 0 Å². The molecule has 0 aromatic rings. The summed E-state index contributed by atoms with van der Waals surface area (Å²) in [6.45, 7) is 12.1. The molecule has 2 aliphatic rings. The van der Waals surface area contributed by atoms with Crippen molar-refractivity contribution in [1.82, 2.24) is 20.9 Å². The second-order valence-corrected chi connectivity index (χ2v) is 7.31. The monoisotopic (exact) mass is 465 g/mol. The maximum absolute atomic E-state index is 11.6. The van der Waals surface area contributed by atoms with Crippen LogP contribution < -0.4 is 16.0 Å². The van der Waals surface area contributed by atoms with E-state index in [2.05, 4.69) is 41.6 Å². The SMILES string of the molecule is CCNC(=NCC1CCCN(C(C)C)C1)NCCNC(=O)C1CC1.I. The second-order valence-electron chi connectivity index (χ2n) is 7.31. The van der Waals surface area contributed by atoms with Crippen LogP contribution >= 0.6 is 24.0 Å². The summed E-state index contributed by atoms with van der Waals surface area (Å²) in [5.74, 6) is 1.99. The van der Waals surface area contributed by atoms with Gasteiger partial charge in [0.15, 0.2) is 5.96 Å². The van der Waals surface area contributed by atoms with E-state index in [0.29, 0.717) is 25.0 Å². The molecule has 1 unspecified atom stereocenters. The molecule has 6 nitrogen and oxygen atoms in total. The van der Waals surface area contributed by atoms with Crippen molar-refractivity contribution in [2.45, 2.75) is 52.5 Å². The summed E-state index contributed by atoms with van der Waals surface area (Å²) in [7, 11) is 0. The molecule has 0 bridgehead atoms. The van der Waals surface area contributed by atoms with Crippen molar-refractivity contribution in [3.05, 3.63) is 0 Å². The Kier molecular flexibility index (Phi) is 10.7. The van der Waals surface area contributed by atoms with Crippen LogP contribution in [-0.2, 0) is 4.79 Å². The summed E-state index contributed by atoms with van der Waals surface area (Å²) in [5, 5.41) is 9.59. The van der Waals surface area contributed by atoms with Crippen molar-refractivity contribution in [3.63, 3.8) is 0 Å². The van der Waals surface area contributed by atoms with Gasteiger partial charge in [0.2, 0.25) is 5.91 Å². The molecule has 2 rings (SSSR count). The highest BCUT2D eigenvalue weighted by Crippen LogP contribution is 2.28. The number of carbonyl (C=O) groups excluding carboxylic acids is 1. The summed E-state index contributed by atoms with van der Waals surface area (Å²) < 4.78 is 0. The van der Waals surface area contributed by atoms with Crippen molar-refractivity contribution >= 4 is 35.8 Å². The van der Waals surface area contributed by atoms with Gasteiger partial charge in [-0.15, -0.1) is 24.0 Å². The van der Waals surface area contributed by atoms with E-state index in [1.54, 1.807) is 0 Å². The predicted octanol–water partition coefficient (Wildman–Crippen LogP) is 1.81. The molecule has 1 heterocycles. The van der Waals surface area contributed by atoms with Gasteiger partial charge in [-0.1, -0.05) is 0 Å². The summed E-state index contributed by atoms with van der Waals surface area (Å²) >= 11 is 0. The van der Waals surface area contributed by atoms with E-state index < -0.39 is 0 Å². The van der Waals surface area contributed by atoms with Crippen LogP contribution in [0.4, 0.5) is 0 Å². The normalized spacial score (nSPS) is 21.6. The average molecular weight is 465 g/mol. The van der Waals surface area contributed by atoms with Gasteiger partial charge >= 0.3 is 0 Å². The van der Waals surface area contributed by atoms with Crippen molar-refractivity contribution in [2.75, 3.05) is 39.3 Å². The van der Waals surface area contributed by atoms with Crippen LogP contribution in [0, 0.1) is 11.8 Å². The van der Waals surface area contributed by atoms with Gasteiger partial charge < -0.3 is 20.9 Å². The van der Waals surface area contributed by atoms with Crippen LogP contribution in [0.3, 0.4) is 0 Å². The fourth-order valence-corrected chi connectivity index (χ4v) is 3.13. The van der Waals surface area contributed by atoms with Gasteiger partial charge in [-0.3, -0.25) is 9.79 Å². The third-order valence-electron chi connectivity index (χ3n) is 4.80. The summed E-state index contributed by atoms with van der Waals surface area (Å²) in [6, 6.07) is 0.623. The molecule has 1 amide bonds. The van der Waals surface area contributed by atoms with Gasteiger partial charge in [-0.2, -0.15) is 0 Å². The quantitative estimate of drug-likeness (QED) is 0.221. The van der Waals surface area contributed by atoms with Gasteiger partial charge in [0.05, 0.1) is 0 Å². The number of hydrogen-bond donors (Lipinski definition) is 3. The van der Waals surface area contributed by atoms with Crippen LogP contribution in [0.2, 0.25) is 0 Å². The lowest BCUT2D eigenvalue weighted by molar-refractivity contribution is -0.122. The minimum absolute atomic E-state index is 0. The molecular weight excluding hydrogens is 429 g/mol. The van der Waals surface area contributed by atoms with Gasteiger partial charge in [-0.05, 0) is 58.9 Å². The fraction of sp³-hybridized carbons (Fsp3) is 0.889. The minimum Gasteiger partial charge on any atom is -0.357 e. The van der Waals surface area contributed by atoms with Crippen LogP contribution in [0.1, 0.15) is 46.5 Å². The zero-order chi connectivity index (χ0) is 17.4. The van der Waals surface area contributed by atoms with E-state index in [-0.39, 0.29) is 35.8 Å². The summed E-state index contributed by atoms with van der Waals surface area (Å²) in [5.41, 5.74) is 0. The molecule has 7 heteroatoms. The Morgan fingerprint density at radius 2 is 1.88 bits per heavy atom. The number of likely N-dealkylation sites (tertiary alicyclic amines) is 1. The van der Waals surface area contributed by atoms with E-state index in [1.807, 2.05) is 0 Å². The first kappa shape index (κ1) is 22.5. The van der Waals surface area contributed by atoms with Gasteiger partial charge in [0.1, 0.15) is 0 Å². The number of amides is 1. The molecule has 0 radical (unpaired) electrons. The Bertz CT molecular complexity index is 426. The Hall–Kier alpha value is -0.570. The fourth-order valence-electron chi connectivity index (χ4n) is 3.13. The Morgan fingerprint density at radius 3 is 2.52 bits per heavy atom. The van der Waals surface area contributed by atoms with E-state index in [9.17, 15) is 4.79 Å². The van der Waals surface area contributed by atoms with E-state index in [1.165, 1.54) is 19.4 Å². The number of nitrogens with zero attached hydrogens (tertiary/aromatic N) is 2. The Labute approximate surface area is 170 Å². The molecule has 0 aromatic carbocycles. The Morgan fingerprint density at radius 1 is 1.16 bits per heavy atom. The standard InChI is InChI=1S/C18H35N5O.HI/c1-4-19-18(21-10-9-20-17(24)16-7-8-16)22-12-15-6-5-11-23(13-15)14(2)3;/h14-16H,4-13H2,1-3H3,(H,20,24)(H2,19,21,22);1H. The largest absolute Gasteiger partial charge is 0.357 e. The first-order chi connectivity index (χ1) is 11.6. The highest BCUT2D eigenvalue weighted by Gasteiger charge is 2.29. The van der Waals surface area contributed by atoms with Crippen LogP contribution in [0.25, 0.3) is 0 Å². The molecule has 146 valence electrons. The third kappa shape index (κ3) is 8.57. The number of guanidine groups is 1. The molecule has 1 saturated heterocycles. The molecule has 2 fully saturated rings. The zero-order valence-electron chi connectivity index (χ0n) is 16.0. The maximum atomic E-state index is 11.6. The zero-order valence-corrected chi connectivity index (χ0v) is 18.3. The van der Waals surface area contributed by atoms with Crippen molar-refractivity contribution in [2.24, 2.45) is 16.8 Å². The average Bonchev–Trinajstić information content (AvgIpc) is 3.41. The van der Waals surface area contributed by atoms with E-state index in [0.717, 1.165) is 38.4 Å². The predicted molar refractivity (Wildman–Crippen MR) is 115 cm³/mol. The highest BCUT2D eigenvalue weighted by atomic mass is 127. The lowest BCUT2D eigenvalue weighted by Gasteiger charge is -2.34. The van der Waals surface area contributed by atoms with Crippen LogP contribution in [0.15, 0.2) is 4.99 Å². The lowest BCUT2D eigenvalue weighted by atomic mass is 9.97. The van der Waals surface area contributed by atoms with Gasteiger partial charge in [0, 0.05) is 44.7 Å². The minimum atomic E-state index is 0. The third-order valence-corrected chi connectivity index (χ3v) is 4.80. The molecule has 3 N–H and O–H groups in total. The van der Waals surface area contributed by atoms with Crippen molar-refractivity contribution in [1.29, 1.82) is 0 Å². The topological polar surface area (TPSA) is 68.8 Å². The number of hydrogen-bond acceptors (Lipinski definition) is 3. The smallest absolute Gasteiger partial charge is 0.223 e. The Balaban J connectivity index is 0.00000312. The molecule has 1 aliphatic carbocycles. The highest BCUT2D eigenvalue weighted by molar-refractivity contribution is 14.0. The molecule has 0 spiro atoms. The lowest BCUT2D eigenvalue weighted by Crippen LogP contribution is -2.43. The molecular formula is C18H36IN5O. The number of rotatable bonds is 8. The van der Waals surface area contributed by atoms with Crippen LogP contribution in [0.5, 0.6) is 0 Å². The molecule has 1 aliphatic heterocycles. The molecule has 1 atom stereocenters. The van der Waals surface area contributed by atoms with Crippen molar-refractivity contribution in [3.8, 4) is 0 Å². The molecule has 25 heavy (non-hydrogen) atoms. The molecule has 1 saturated carbocycles. The maximum Gasteiger partial charge on any atom is 0.223 e.